The van der Waals surface area contributed by atoms with Crippen molar-refractivity contribution in [3.05, 3.63) is 35.9 Å². The molecule has 1 aromatic heterocycles. The third-order valence-electron chi connectivity index (χ3n) is 2.62. The second kappa shape index (κ2) is 6.83. The monoisotopic (exact) mass is 296 g/mol. The van der Waals surface area contributed by atoms with Crippen molar-refractivity contribution in [3.63, 3.8) is 0 Å². The van der Waals surface area contributed by atoms with Gasteiger partial charge in [0.05, 0.1) is 11.8 Å². The minimum atomic E-state index is -0.469. The average molecular weight is 296 g/mol. The first-order valence-electron chi connectivity index (χ1n) is 6.33. The van der Waals surface area contributed by atoms with E-state index in [0.717, 1.165) is 0 Å². The molecule has 7 heteroatoms. The molecular formula is C13H17FN4OS. The van der Waals surface area contributed by atoms with Crippen LogP contribution in [0.5, 0.6) is 0 Å². The van der Waals surface area contributed by atoms with Crippen LogP contribution in [0.25, 0.3) is 5.69 Å². The molecule has 0 fully saturated rings. The van der Waals surface area contributed by atoms with Crippen LogP contribution in [0.3, 0.4) is 0 Å². The van der Waals surface area contributed by atoms with E-state index in [-0.39, 0.29) is 5.82 Å². The molecule has 0 aliphatic rings. The number of nitrogens with zero attached hydrogens (tertiary/aromatic N) is 3. The maximum atomic E-state index is 14.0. The Kier molecular flexibility index (Phi) is 5.11. The summed E-state index contributed by atoms with van der Waals surface area (Å²) in [6, 6.07) is 6.46. The predicted molar refractivity (Wildman–Crippen MR) is 76.5 cm³/mol. The number of nitrogens with two attached hydrogens (primary N) is 1. The van der Waals surface area contributed by atoms with Gasteiger partial charge >= 0.3 is 0 Å². The van der Waals surface area contributed by atoms with E-state index in [1.54, 1.807) is 29.7 Å². The van der Waals surface area contributed by atoms with E-state index in [1.807, 2.05) is 0 Å². The summed E-state index contributed by atoms with van der Waals surface area (Å²) in [7, 11) is 0. The van der Waals surface area contributed by atoms with Gasteiger partial charge in [-0.1, -0.05) is 23.9 Å². The van der Waals surface area contributed by atoms with Crippen LogP contribution in [0, 0.1) is 5.82 Å². The molecule has 0 bridgehead atoms. The first-order chi connectivity index (χ1) is 9.63. The van der Waals surface area contributed by atoms with Gasteiger partial charge in [-0.05, 0) is 25.6 Å². The van der Waals surface area contributed by atoms with Crippen molar-refractivity contribution in [1.82, 2.24) is 14.8 Å². The van der Waals surface area contributed by atoms with Crippen molar-refractivity contribution in [2.45, 2.75) is 24.6 Å². The minimum absolute atomic E-state index is 0.343. The van der Waals surface area contributed by atoms with Gasteiger partial charge in [-0.3, -0.25) is 4.57 Å². The molecule has 0 saturated carbocycles. The van der Waals surface area contributed by atoms with Crippen LogP contribution in [0.1, 0.15) is 12.7 Å². The molecular weight excluding hydrogens is 279 g/mol. The number of hydrogen-bond acceptors (Lipinski definition) is 5. The summed E-state index contributed by atoms with van der Waals surface area (Å²) in [4.78, 5) is 0. The molecule has 3 N–H and O–H groups in total. The van der Waals surface area contributed by atoms with Crippen molar-refractivity contribution in [1.29, 1.82) is 0 Å². The van der Waals surface area contributed by atoms with E-state index < -0.39 is 6.10 Å². The zero-order valence-electron chi connectivity index (χ0n) is 11.2. The number of para-hydroxylation sites is 1. The maximum Gasteiger partial charge on any atom is 0.196 e. The van der Waals surface area contributed by atoms with Gasteiger partial charge in [-0.2, -0.15) is 0 Å². The molecule has 0 saturated heterocycles. The maximum absolute atomic E-state index is 14.0. The molecule has 20 heavy (non-hydrogen) atoms. The van der Waals surface area contributed by atoms with Gasteiger partial charge in [0.1, 0.15) is 11.6 Å². The van der Waals surface area contributed by atoms with Gasteiger partial charge in [0.2, 0.25) is 0 Å². The lowest BCUT2D eigenvalue weighted by Gasteiger charge is -2.11. The summed E-state index contributed by atoms with van der Waals surface area (Å²) in [5, 5.41) is 18.1. The van der Waals surface area contributed by atoms with Crippen molar-refractivity contribution in [2.24, 2.45) is 5.73 Å². The van der Waals surface area contributed by atoms with Gasteiger partial charge in [-0.15, -0.1) is 10.2 Å². The number of rotatable bonds is 6. The van der Waals surface area contributed by atoms with Gasteiger partial charge in [-0.25, -0.2) is 4.39 Å². The summed E-state index contributed by atoms with van der Waals surface area (Å²) in [6.45, 7) is 2.10. The lowest BCUT2D eigenvalue weighted by molar-refractivity contribution is 0.220. The van der Waals surface area contributed by atoms with Crippen molar-refractivity contribution in [3.8, 4) is 5.69 Å². The van der Waals surface area contributed by atoms with E-state index in [1.165, 1.54) is 17.8 Å². The molecule has 0 aliphatic heterocycles. The van der Waals surface area contributed by atoms with Crippen LogP contribution >= 0.6 is 11.8 Å². The first-order valence-corrected chi connectivity index (χ1v) is 7.32. The Bertz CT molecular complexity index is 573. The minimum Gasteiger partial charge on any atom is -0.393 e. The SMILES string of the molecule is CC(O)CSc1nnc(CCN)n1-c1ccccc1F. The molecule has 0 aliphatic carbocycles. The third-order valence-corrected chi connectivity index (χ3v) is 3.79. The number of hydrogen-bond donors (Lipinski definition) is 2. The number of halogens is 1. The Morgan fingerprint density at radius 3 is 2.80 bits per heavy atom. The molecule has 1 aromatic carbocycles. The highest BCUT2D eigenvalue weighted by Gasteiger charge is 2.16. The summed E-state index contributed by atoms with van der Waals surface area (Å²) >= 11 is 1.34. The molecule has 2 aromatic rings. The van der Waals surface area contributed by atoms with Crippen LogP contribution in [-0.2, 0) is 6.42 Å². The van der Waals surface area contributed by atoms with E-state index in [2.05, 4.69) is 10.2 Å². The quantitative estimate of drug-likeness (QED) is 0.788. The Balaban J connectivity index is 2.42. The van der Waals surface area contributed by atoms with Gasteiger partial charge < -0.3 is 10.8 Å². The number of aliphatic hydroxyl groups excluding tert-OH is 1. The van der Waals surface area contributed by atoms with Gasteiger partial charge in [0, 0.05) is 12.2 Å². The zero-order chi connectivity index (χ0) is 14.5. The normalized spacial score (nSPS) is 12.6. The summed E-state index contributed by atoms with van der Waals surface area (Å²) in [5.41, 5.74) is 5.95. The predicted octanol–water partition coefficient (Wildman–Crippen LogP) is 1.38. The largest absolute Gasteiger partial charge is 0.393 e. The molecule has 5 nitrogen and oxygen atoms in total. The molecule has 0 radical (unpaired) electrons. The van der Waals surface area contributed by atoms with E-state index in [0.29, 0.717) is 35.4 Å². The summed E-state index contributed by atoms with van der Waals surface area (Å²) in [5.74, 6) is 0.741. The molecule has 108 valence electrons. The fraction of sp³-hybridized carbons (Fsp3) is 0.385. The highest BCUT2D eigenvalue weighted by Crippen LogP contribution is 2.24. The first kappa shape index (κ1) is 15.0. The fourth-order valence-corrected chi connectivity index (χ4v) is 2.58. The van der Waals surface area contributed by atoms with Gasteiger partial charge in [0.15, 0.2) is 5.16 Å². The lowest BCUT2D eigenvalue weighted by Crippen LogP contribution is -2.11. The standard InChI is InChI=1S/C13H17FN4OS/c1-9(19)8-20-13-17-16-12(6-7-15)18(13)11-5-3-2-4-10(11)14/h2-5,9,19H,6-8,15H2,1H3. The molecule has 0 spiro atoms. The van der Waals surface area contributed by atoms with Crippen LogP contribution in [0.4, 0.5) is 4.39 Å². The highest BCUT2D eigenvalue weighted by molar-refractivity contribution is 7.99. The Morgan fingerprint density at radius 2 is 2.15 bits per heavy atom. The number of aromatic nitrogens is 3. The summed E-state index contributed by atoms with van der Waals surface area (Å²) in [6.07, 6.45) is 0.0417. The van der Waals surface area contributed by atoms with E-state index in [4.69, 9.17) is 5.73 Å². The molecule has 0 amide bonds. The second-order valence-corrected chi connectivity index (χ2v) is 5.37. The fourth-order valence-electron chi connectivity index (χ4n) is 1.75. The molecule has 1 heterocycles. The van der Waals surface area contributed by atoms with E-state index >= 15 is 0 Å². The smallest absolute Gasteiger partial charge is 0.196 e. The molecule has 1 unspecified atom stereocenters. The molecule has 1 atom stereocenters. The van der Waals surface area contributed by atoms with Crippen molar-refractivity contribution < 1.29 is 9.50 Å². The number of thioether (sulfide) groups is 1. The number of benzene rings is 1. The highest BCUT2D eigenvalue weighted by atomic mass is 32.2. The number of aliphatic hydroxyl groups is 1. The molecule has 2 rings (SSSR count). The van der Waals surface area contributed by atoms with Crippen LogP contribution < -0.4 is 5.73 Å². The second-order valence-electron chi connectivity index (χ2n) is 4.38. The van der Waals surface area contributed by atoms with Crippen molar-refractivity contribution in [2.75, 3.05) is 12.3 Å². The Morgan fingerprint density at radius 1 is 1.40 bits per heavy atom. The summed E-state index contributed by atoms with van der Waals surface area (Å²) < 4.78 is 15.6. The third kappa shape index (κ3) is 3.36. The van der Waals surface area contributed by atoms with Crippen molar-refractivity contribution >= 4 is 11.8 Å². The topological polar surface area (TPSA) is 77.0 Å². The zero-order valence-corrected chi connectivity index (χ0v) is 12.0. The van der Waals surface area contributed by atoms with E-state index in [9.17, 15) is 9.50 Å². The van der Waals surface area contributed by atoms with Crippen LogP contribution in [0.2, 0.25) is 0 Å². The van der Waals surface area contributed by atoms with Gasteiger partial charge in [0.25, 0.3) is 0 Å². The Hall–Kier alpha value is -1.44. The average Bonchev–Trinajstić information content (AvgIpc) is 2.80. The Labute approximate surface area is 121 Å². The van der Waals surface area contributed by atoms with Crippen LogP contribution in [0.15, 0.2) is 29.4 Å². The lowest BCUT2D eigenvalue weighted by atomic mass is 10.3. The van der Waals surface area contributed by atoms with Crippen LogP contribution in [-0.4, -0.2) is 38.3 Å².